The van der Waals surface area contributed by atoms with E-state index in [0.29, 0.717) is 11.6 Å². The highest BCUT2D eigenvalue weighted by Crippen LogP contribution is 2.25. The van der Waals surface area contributed by atoms with E-state index in [2.05, 4.69) is 20.2 Å². The summed E-state index contributed by atoms with van der Waals surface area (Å²) in [5.41, 5.74) is 0.748. The maximum Gasteiger partial charge on any atom is 0.354 e. The van der Waals surface area contributed by atoms with Gasteiger partial charge >= 0.3 is 5.97 Å². The Kier molecular flexibility index (Phi) is 5.35. The SMILES string of the molecule is O=C(NC[C@H](c1ccc(Cl)cc1)N1CCCC1)c1nc[nH]c1C(=O)O. The van der Waals surface area contributed by atoms with Crippen LogP contribution in [0.1, 0.15) is 45.4 Å². The smallest absolute Gasteiger partial charge is 0.354 e. The molecule has 1 amide bonds. The lowest BCUT2D eigenvalue weighted by Crippen LogP contribution is -2.37. The van der Waals surface area contributed by atoms with E-state index in [-0.39, 0.29) is 17.4 Å². The number of likely N-dealkylation sites (tertiary alicyclic amines) is 1. The maximum absolute atomic E-state index is 12.3. The molecule has 25 heavy (non-hydrogen) atoms. The molecule has 3 rings (SSSR count). The molecule has 1 atom stereocenters. The van der Waals surface area contributed by atoms with Crippen molar-refractivity contribution in [2.24, 2.45) is 0 Å². The van der Waals surface area contributed by atoms with Crippen LogP contribution in [0.2, 0.25) is 5.02 Å². The number of nitrogens with zero attached hydrogens (tertiary/aromatic N) is 2. The minimum atomic E-state index is -1.21. The molecule has 1 saturated heterocycles. The highest BCUT2D eigenvalue weighted by molar-refractivity contribution is 6.30. The monoisotopic (exact) mass is 362 g/mol. The Morgan fingerprint density at radius 2 is 1.96 bits per heavy atom. The van der Waals surface area contributed by atoms with E-state index in [0.717, 1.165) is 31.5 Å². The Bertz CT molecular complexity index is 754. The lowest BCUT2D eigenvalue weighted by atomic mass is 10.1. The molecule has 1 aromatic carbocycles. The summed E-state index contributed by atoms with van der Waals surface area (Å²) < 4.78 is 0. The minimum Gasteiger partial charge on any atom is -0.477 e. The number of aromatic amines is 1. The van der Waals surface area contributed by atoms with Crippen molar-refractivity contribution < 1.29 is 14.7 Å². The van der Waals surface area contributed by atoms with Gasteiger partial charge in [-0.15, -0.1) is 0 Å². The Hall–Kier alpha value is -2.38. The summed E-state index contributed by atoms with van der Waals surface area (Å²) >= 11 is 5.97. The van der Waals surface area contributed by atoms with E-state index >= 15 is 0 Å². The lowest BCUT2D eigenvalue weighted by Gasteiger charge is -2.28. The van der Waals surface area contributed by atoms with Crippen LogP contribution in [0.15, 0.2) is 30.6 Å². The molecule has 1 aliphatic heterocycles. The molecule has 1 aromatic heterocycles. The van der Waals surface area contributed by atoms with E-state index in [9.17, 15) is 9.59 Å². The molecule has 0 unspecified atom stereocenters. The largest absolute Gasteiger partial charge is 0.477 e. The van der Waals surface area contributed by atoms with E-state index in [1.54, 1.807) is 0 Å². The van der Waals surface area contributed by atoms with Crippen LogP contribution >= 0.6 is 11.6 Å². The van der Waals surface area contributed by atoms with Gasteiger partial charge in [0, 0.05) is 11.6 Å². The first-order valence-electron chi connectivity index (χ1n) is 8.10. The van der Waals surface area contributed by atoms with Crippen LogP contribution in [0.5, 0.6) is 0 Å². The molecule has 2 aromatic rings. The van der Waals surface area contributed by atoms with Crippen molar-refractivity contribution in [2.75, 3.05) is 19.6 Å². The summed E-state index contributed by atoms with van der Waals surface area (Å²) in [4.78, 5) is 32.1. The maximum atomic E-state index is 12.3. The van der Waals surface area contributed by atoms with Crippen molar-refractivity contribution in [2.45, 2.75) is 18.9 Å². The van der Waals surface area contributed by atoms with Crippen LogP contribution in [0, 0.1) is 0 Å². The molecule has 1 fully saturated rings. The van der Waals surface area contributed by atoms with E-state index in [4.69, 9.17) is 16.7 Å². The van der Waals surface area contributed by atoms with Crippen LogP contribution in [0.3, 0.4) is 0 Å². The van der Waals surface area contributed by atoms with Crippen molar-refractivity contribution in [3.8, 4) is 0 Å². The highest BCUT2D eigenvalue weighted by atomic mass is 35.5. The number of halogens is 1. The van der Waals surface area contributed by atoms with Crippen molar-refractivity contribution in [1.82, 2.24) is 20.2 Å². The number of benzene rings is 1. The second-order valence-electron chi connectivity index (χ2n) is 5.95. The summed E-state index contributed by atoms with van der Waals surface area (Å²) in [5, 5.41) is 12.6. The predicted octanol–water partition coefficient (Wildman–Crippen LogP) is 2.33. The van der Waals surface area contributed by atoms with Gasteiger partial charge in [0.15, 0.2) is 11.4 Å². The molecule has 0 aliphatic carbocycles. The van der Waals surface area contributed by atoms with Gasteiger partial charge in [-0.1, -0.05) is 23.7 Å². The average Bonchev–Trinajstić information content (AvgIpc) is 3.28. The number of rotatable bonds is 6. The first kappa shape index (κ1) is 17.4. The third-order valence-corrected chi connectivity index (χ3v) is 4.61. The summed E-state index contributed by atoms with van der Waals surface area (Å²) in [6.07, 6.45) is 3.46. The quantitative estimate of drug-likeness (QED) is 0.732. The number of aromatic carboxylic acids is 1. The summed E-state index contributed by atoms with van der Waals surface area (Å²) in [6, 6.07) is 7.58. The Balaban J connectivity index is 1.74. The van der Waals surface area contributed by atoms with Crippen LogP contribution in [0.25, 0.3) is 0 Å². The van der Waals surface area contributed by atoms with Crippen LogP contribution in [-0.2, 0) is 0 Å². The number of carbonyl (C=O) groups is 2. The van der Waals surface area contributed by atoms with Crippen LogP contribution in [-0.4, -0.2) is 51.5 Å². The normalized spacial score (nSPS) is 15.9. The van der Waals surface area contributed by atoms with Crippen LogP contribution < -0.4 is 5.32 Å². The predicted molar refractivity (Wildman–Crippen MR) is 92.9 cm³/mol. The molecule has 8 heteroatoms. The molecule has 0 spiro atoms. The van der Waals surface area contributed by atoms with Gasteiger partial charge in [0.1, 0.15) is 0 Å². The Labute approximate surface area is 150 Å². The number of carboxylic acid groups (broad SMARTS) is 1. The van der Waals surface area contributed by atoms with Crippen LogP contribution in [0.4, 0.5) is 0 Å². The number of carbonyl (C=O) groups excluding carboxylic acids is 1. The first-order chi connectivity index (χ1) is 12.1. The Morgan fingerprint density at radius 3 is 2.60 bits per heavy atom. The molecule has 7 nitrogen and oxygen atoms in total. The molecule has 0 bridgehead atoms. The van der Waals surface area contributed by atoms with Crippen molar-refractivity contribution in [3.63, 3.8) is 0 Å². The second kappa shape index (κ2) is 7.67. The van der Waals surface area contributed by atoms with E-state index in [1.165, 1.54) is 6.33 Å². The Morgan fingerprint density at radius 1 is 1.28 bits per heavy atom. The number of hydrogen-bond donors (Lipinski definition) is 3. The number of H-pyrrole nitrogens is 1. The summed E-state index contributed by atoms with van der Waals surface area (Å²) in [7, 11) is 0. The van der Waals surface area contributed by atoms with Crippen molar-refractivity contribution >= 4 is 23.5 Å². The highest BCUT2D eigenvalue weighted by Gasteiger charge is 2.25. The fourth-order valence-corrected chi connectivity index (χ4v) is 3.22. The average molecular weight is 363 g/mol. The fraction of sp³-hybridized carbons (Fsp3) is 0.353. The van der Waals surface area contributed by atoms with E-state index < -0.39 is 11.9 Å². The zero-order chi connectivity index (χ0) is 17.8. The number of nitrogens with one attached hydrogen (secondary N) is 2. The van der Waals surface area contributed by atoms with Gasteiger partial charge < -0.3 is 15.4 Å². The van der Waals surface area contributed by atoms with Crippen molar-refractivity contribution in [1.29, 1.82) is 0 Å². The topological polar surface area (TPSA) is 98.3 Å². The van der Waals surface area contributed by atoms with Gasteiger partial charge in [-0.05, 0) is 43.6 Å². The molecular formula is C17H19ClN4O3. The number of hydrogen-bond acceptors (Lipinski definition) is 4. The van der Waals surface area contributed by atoms with E-state index in [1.807, 2.05) is 24.3 Å². The van der Waals surface area contributed by atoms with Gasteiger partial charge in [0.2, 0.25) is 0 Å². The third kappa shape index (κ3) is 4.00. The molecule has 0 saturated carbocycles. The number of imidazole rings is 1. The number of aromatic nitrogens is 2. The zero-order valence-corrected chi connectivity index (χ0v) is 14.3. The van der Waals surface area contributed by atoms with Crippen molar-refractivity contribution in [3.05, 3.63) is 52.6 Å². The van der Waals surface area contributed by atoms with Gasteiger partial charge in [0.25, 0.3) is 5.91 Å². The second-order valence-corrected chi connectivity index (χ2v) is 6.39. The molecule has 2 heterocycles. The molecule has 0 radical (unpaired) electrons. The van der Waals surface area contributed by atoms with Gasteiger partial charge in [-0.2, -0.15) is 0 Å². The molecule has 3 N–H and O–H groups in total. The first-order valence-corrected chi connectivity index (χ1v) is 8.48. The number of amides is 1. The van der Waals surface area contributed by atoms with Gasteiger partial charge in [-0.3, -0.25) is 9.69 Å². The minimum absolute atomic E-state index is 0.0101. The molecular weight excluding hydrogens is 344 g/mol. The number of carboxylic acids is 1. The van der Waals surface area contributed by atoms with Gasteiger partial charge in [0.05, 0.1) is 12.4 Å². The fourth-order valence-electron chi connectivity index (χ4n) is 3.10. The zero-order valence-electron chi connectivity index (χ0n) is 13.5. The summed E-state index contributed by atoms with van der Waals surface area (Å²) in [6.45, 7) is 2.30. The molecule has 132 valence electrons. The third-order valence-electron chi connectivity index (χ3n) is 4.36. The summed E-state index contributed by atoms with van der Waals surface area (Å²) in [5.74, 6) is -1.71. The molecule has 1 aliphatic rings. The van der Waals surface area contributed by atoms with Gasteiger partial charge in [-0.25, -0.2) is 9.78 Å². The lowest BCUT2D eigenvalue weighted by molar-refractivity contribution is 0.0684. The standard InChI is InChI=1S/C17H19ClN4O3/c18-12-5-3-11(4-6-12)13(22-7-1-2-8-22)9-19-16(23)14-15(17(24)25)21-10-20-14/h3-6,10,13H,1-2,7-9H2,(H,19,23)(H,20,21)(H,24,25)/t13-/m1/s1.